The number of anilines is 1. The fourth-order valence-corrected chi connectivity index (χ4v) is 2.24. The molecule has 0 radical (unpaired) electrons. The Morgan fingerprint density at radius 3 is 2.39 bits per heavy atom. The molecule has 0 saturated carbocycles. The van der Waals surface area contributed by atoms with Gasteiger partial charge in [0.15, 0.2) is 5.75 Å². The van der Waals surface area contributed by atoms with Gasteiger partial charge in [-0.25, -0.2) is 0 Å². The molecule has 0 heterocycles. The lowest BCUT2D eigenvalue weighted by atomic mass is 10.2. The second-order valence-electron chi connectivity index (χ2n) is 5.34. The highest BCUT2D eigenvalue weighted by molar-refractivity contribution is 5.59. The van der Waals surface area contributed by atoms with Crippen molar-refractivity contribution in [3.8, 4) is 17.2 Å². The number of nitrogen functional groups attached to an aromatic ring is 1. The summed E-state index contributed by atoms with van der Waals surface area (Å²) in [5, 5.41) is 0. The first kappa shape index (κ1) is 15.0. The first-order valence-corrected chi connectivity index (χ1v) is 7.52. The van der Waals surface area contributed by atoms with E-state index in [9.17, 15) is 0 Å². The van der Waals surface area contributed by atoms with Crippen molar-refractivity contribution in [2.45, 2.75) is 13.5 Å². The van der Waals surface area contributed by atoms with E-state index in [4.69, 9.17) is 15.2 Å². The Hall–Kier alpha value is -2.94. The third kappa shape index (κ3) is 3.83. The van der Waals surface area contributed by atoms with Gasteiger partial charge in [-0.15, -0.1) is 0 Å². The monoisotopic (exact) mass is 305 g/mol. The van der Waals surface area contributed by atoms with Crippen molar-refractivity contribution in [3.05, 3.63) is 83.9 Å². The fourth-order valence-electron chi connectivity index (χ4n) is 2.24. The molecule has 3 rings (SSSR count). The minimum absolute atomic E-state index is 0.525. The Morgan fingerprint density at radius 2 is 1.57 bits per heavy atom. The molecule has 3 aromatic rings. The Balaban J connectivity index is 1.71. The zero-order valence-corrected chi connectivity index (χ0v) is 13.0. The predicted octanol–water partition coefficient (Wildman–Crippen LogP) is 4.95. The van der Waals surface area contributed by atoms with E-state index in [1.165, 1.54) is 0 Å². The van der Waals surface area contributed by atoms with E-state index in [1.807, 2.05) is 79.7 Å². The summed E-state index contributed by atoms with van der Waals surface area (Å²) in [7, 11) is 0. The van der Waals surface area contributed by atoms with E-state index in [-0.39, 0.29) is 0 Å². The van der Waals surface area contributed by atoms with Gasteiger partial charge in [0.2, 0.25) is 0 Å². The summed E-state index contributed by atoms with van der Waals surface area (Å²) < 4.78 is 11.7. The third-order valence-corrected chi connectivity index (χ3v) is 3.57. The van der Waals surface area contributed by atoms with Crippen LogP contribution in [0.3, 0.4) is 0 Å². The van der Waals surface area contributed by atoms with Crippen LogP contribution in [0.4, 0.5) is 5.69 Å². The Bertz CT molecular complexity index is 785. The minimum Gasteiger partial charge on any atom is -0.489 e. The molecule has 0 bridgehead atoms. The van der Waals surface area contributed by atoms with E-state index in [2.05, 4.69) is 0 Å². The average Bonchev–Trinajstić information content (AvgIpc) is 2.59. The average molecular weight is 305 g/mol. The van der Waals surface area contributed by atoms with Crippen LogP contribution in [0.15, 0.2) is 72.8 Å². The van der Waals surface area contributed by atoms with Gasteiger partial charge in [0.1, 0.15) is 18.1 Å². The number of rotatable bonds is 5. The van der Waals surface area contributed by atoms with Crippen LogP contribution in [0.2, 0.25) is 0 Å². The van der Waals surface area contributed by atoms with Crippen LogP contribution in [0.5, 0.6) is 17.2 Å². The first-order valence-electron chi connectivity index (χ1n) is 7.52. The summed E-state index contributed by atoms with van der Waals surface area (Å²) in [6.45, 7) is 2.48. The quantitative estimate of drug-likeness (QED) is 0.678. The molecule has 2 N–H and O–H groups in total. The van der Waals surface area contributed by atoms with Crippen molar-refractivity contribution in [3.63, 3.8) is 0 Å². The topological polar surface area (TPSA) is 44.5 Å². The van der Waals surface area contributed by atoms with Gasteiger partial charge in [0.25, 0.3) is 0 Å². The summed E-state index contributed by atoms with van der Waals surface area (Å²) >= 11 is 0. The van der Waals surface area contributed by atoms with Gasteiger partial charge in [-0.2, -0.15) is 0 Å². The molecule has 3 nitrogen and oxygen atoms in total. The maximum atomic E-state index is 6.05. The largest absolute Gasteiger partial charge is 0.489 e. The zero-order chi connectivity index (χ0) is 16.1. The maximum absolute atomic E-state index is 6.05. The molecule has 0 aliphatic carbocycles. The van der Waals surface area contributed by atoms with Crippen molar-refractivity contribution in [1.29, 1.82) is 0 Å². The molecule has 3 aromatic carbocycles. The molecule has 0 aliphatic rings. The minimum atomic E-state index is 0.525. The van der Waals surface area contributed by atoms with Crippen LogP contribution in [-0.2, 0) is 6.61 Å². The zero-order valence-electron chi connectivity index (χ0n) is 13.0. The number of hydrogen-bond donors (Lipinski definition) is 1. The molecule has 23 heavy (non-hydrogen) atoms. The summed E-state index contributed by atoms with van der Waals surface area (Å²) in [6.07, 6.45) is 0. The van der Waals surface area contributed by atoms with E-state index >= 15 is 0 Å². The number of para-hydroxylation sites is 1. The predicted molar refractivity (Wildman–Crippen MR) is 92.9 cm³/mol. The molecular weight excluding hydrogens is 286 g/mol. The van der Waals surface area contributed by atoms with Gasteiger partial charge in [-0.3, -0.25) is 0 Å². The molecule has 0 atom stereocenters. The van der Waals surface area contributed by atoms with E-state index in [0.29, 0.717) is 23.8 Å². The summed E-state index contributed by atoms with van der Waals surface area (Å²) in [4.78, 5) is 0. The van der Waals surface area contributed by atoms with Crippen molar-refractivity contribution in [2.75, 3.05) is 5.73 Å². The van der Waals surface area contributed by atoms with Gasteiger partial charge in [-0.1, -0.05) is 48.5 Å². The number of ether oxygens (including phenoxy) is 2. The molecular formula is C20H19NO2. The Kier molecular flexibility index (Phi) is 4.48. The summed E-state index contributed by atoms with van der Waals surface area (Å²) in [5.41, 5.74) is 8.83. The molecule has 116 valence electrons. The van der Waals surface area contributed by atoms with Gasteiger partial charge in [0, 0.05) is 6.07 Å². The van der Waals surface area contributed by atoms with E-state index < -0.39 is 0 Å². The lowest BCUT2D eigenvalue weighted by Crippen LogP contribution is -1.96. The smallest absolute Gasteiger partial charge is 0.150 e. The van der Waals surface area contributed by atoms with Gasteiger partial charge in [-0.05, 0) is 36.2 Å². The van der Waals surface area contributed by atoms with Crippen LogP contribution in [0.1, 0.15) is 11.1 Å². The Morgan fingerprint density at radius 1 is 0.826 bits per heavy atom. The van der Waals surface area contributed by atoms with Gasteiger partial charge >= 0.3 is 0 Å². The number of hydrogen-bond acceptors (Lipinski definition) is 3. The fraction of sp³-hybridized carbons (Fsp3) is 0.100. The molecule has 0 aromatic heterocycles. The molecule has 0 aliphatic heterocycles. The SMILES string of the molecule is Cc1cccc(Oc2cccc(OCc3ccccc3)c2)c1N. The van der Waals surface area contributed by atoms with Crippen LogP contribution in [0.25, 0.3) is 0 Å². The van der Waals surface area contributed by atoms with Crippen molar-refractivity contribution in [2.24, 2.45) is 0 Å². The lowest BCUT2D eigenvalue weighted by Gasteiger charge is -2.12. The second-order valence-corrected chi connectivity index (χ2v) is 5.34. The highest BCUT2D eigenvalue weighted by Gasteiger charge is 2.05. The number of benzene rings is 3. The molecule has 0 amide bonds. The first-order chi connectivity index (χ1) is 11.2. The van der Waals surface area contributed by atoms with Gasteiger partial charge in [0.05, 0.1) is 5.69 Å². The van der Waals surface area contributed by atoms with Crippen molar-refractivity contribution >= 4 is 5.69 Å². The molecule has 3 heteroatoms. The normalized spacial score (nSPS) is 10.3. The van der Waals surface area contributed by atoms with E-state index in [1.54, 1.807) is 0 Å². The second kappa shape index (κ2) is 6.88. The molecule has 0 saturated heterocycles. The van der Waals surface area contributed by atoms with Crippen molar-refractivity contribution < 1.29 is 9.47 Å². The summed E-state index contributed by atoms with van der Waals surface area (Å²) in [5.74, 6) is 2.12. The van der Waals surface area contributed by atoms with Crippen molar-refractivity contribution in [1.82, 2.24) is 0 Å². The van der Waals surface area contributed by atoms with Gasteiger partial charge < -0.3 is 15.2 Å². The van der Waals surface area contributed by atoms with Crippen LogP contribution in [-0.4, -0.2) is 0 Å². The highest BCUT2D eigenvalue weighted by atomic mass is 16.5. The van der Waals surface area contributed by atoms with Crippen LogP contribution in [0, 0.1) is 6.92 Å². The lowest BCUT2D eigenvalue weighted by molar-refractivity contribution is 0.304. The summed E-state index contributed by atoms with van der Waals surface area (Å²) in [6, 6.07) is 23.4. The Labute approximate surface area is 136 Å². The maximum Gasteiger partial charge on any atom is 0.150 e. The van der Waals surface area contributed by atoms with Crippen LogP contribution < -0.4 is 15.2 Å². The molecule has 0 fully saturated rings. The standard InChI is InChI=1S/C20H19NO2/c1-15-7-5-12-19(20(15)21)23-18-11-6-10-17(13-18)22-14-16-8-3-2-4-9-16/h2-13H,14,21H2,1H3. The number of aryl methyl sites for hydroxylation is 1. The van der Waals surface area contributed by atoms with E-state index in [0.717, 1.165) is 16.9 Å². The highest BCUT2D eigenvalue weighted by Crippen LogP contribution is 2.31. The van der Waals surface area contributed by atoms with Crippen LogP contribution >= 0.6 is 0 Å². The molecule has 0 unspecified atom stereocenters. The third-order valence-electron chi connectivity index (χ3n) is 3.57. The molecule has 0 spiro atoms. The number of nitrogens with two attached hydrogens (primary N) is 1.